The van der Waals surface area contributed by atoms with Crippen molar-refractivity contribution in [2.75, 3.05) is 0 Å². The summed E-state index contributed by atoms with van der Waals surface area (Å²) < 4.78 is 0. The van der Waals surface area contributed by atoms with Crippen molar-refractivity contribution in [3.63, 3.8) is 0 Å². The Balaban J connectivity index is 0. The van der Waals surface area contributed by atoms with Crippen molar-refractivity contribution in [2.45, 2.75) is 0 Å². The van der Waals surface area contributed by atoms with Gasteiger partial charge in [-0.2, -0.15) is 0 Å². The minimum atomic E-state index is -0.859. The first kappa shape index (κ1) is 13.2. The van der Waals surface area contributed by atoms with Crippen LogP contribution in [0.3, 0.4) is 0 Å². The van der Waals surface area contributed by atoms with Gasteiger partial charge in [-0.3, -0.25) is 9.78 Å². The summed E-state index contributed by atoms with van der Waals surface area (Å²) >= 11 is 0. The van der Waals surface area contributed by atoms with Gasteiger partial charge in [0, 0.05) is 17.2 Å². The monoisotopic (exact) mass is 190 g/mol. The van der Waals surface area contributed by atoms with E-state index in [1.54, 1.807) is 0 Å². The molecule has 12 heavy (non-hydrogen) atoms. The van der Waals surface area contributed by atoms with E-state index in [2.05, 4.69) is 28.0 Å². The summed E-state index contributed by atoms with van der Waals surface area (Å²) in [4.78, 5) is 28.0. The van der Waals surface area contributed by atoms with Crippen LogP contribution in [0.1, 0.15) is 0 Å². The van der Waals surface area contributed by atoms with Crippen LogP contribution in [-0.2, 0) is 24.4 Å². The van der Waals surface area contributed by atoms with Gasteiger partial charge in [-0.1, -0.05) is 13.2 Å². The van der Waals surface area contributed by atoms with Crippen LogP contribution in [0.4, 0.5) is 0 Å². The van der Waals surface area contributed by atoms with E-state index >= 15 is 0 Å². The van der Waals surface area contributed by atoms with Crippen molar-refractivity contribution in [1.29, 1.82) is 0 Å². The predicted octanol–water partition coefficient (Wildman–Crippen LogP) is -1.16. The van der Waals surface area contributed by atoms with Crippen LogP contribution < -0.4 is 0 Å². The first-order valence-electron chi connectivity index (χ1n) is 2.54. The molecule has 0 aliphatic rings. The highest BCUT2D eigenvalue weighted by atomic mass is 28.1. The lowest BCUT2D eigenvalue weighted by atomic mass is 10.7. The smallest absolute Gasteiger partial charge is 0.255 e. The van der Waals surface area contributed by atoms with Gasteiger partial charge in [0.05, 0.1) is 0 Å². The zero-order valence-electron chi connectivity index (χ0n) is 5.61. The second-order valence-electron chi connectivity index (χ2n) is 1.28. The van der Waals surface area contributed by atoms with Crippen LogP contribution >= 0.6 is 0 Å². The molecule has 0 aromatic heterocycles. The summed E-state index contributed by atoms with van der Waals surface area (Å²) in [6, 6.07) is 0. The predicted molar refractivity (Wildman–Crippen MR) is 45.0 cm³/mol. The van der Waals surface area contributed by atoms with E-state index in [0.29, 0.717) is 0 Å². The Bertz CT molecular complexity index is 168. The topological polar surface area (TPSA) is 61.8 Å². The van der Waals surface area contributed by atoms with Crippen LogP contribution in [0.5, 0.6) is 0 Å². The van der Waals surface area contributed by atoms with Gasteiger partial charge in [-0.15, -0.1) is 0 Å². The second kappa shape index (κ2) is 7.70. The van der Waals surface area contributed by atoms with Crippen LogP contribution in [0.2, 0.25) is 0 Å². The molecule has 0 N–H and O–H groups in total. The lowest BCUT2D eigenvalue weighted by Gasteiger charge is -1.95. The summed E-state index contributed by atoms with van der Waals surface area (Å²) in [6.45, 7) is 6.13. The lowest BCUT2D eigenvalue weighted by Crippen LogP contribution is -2.06. The molecule has 0 unspecified atom stereocenters. The SMILES string of the molecule is C=CC(=O)OOOC(=O)C=C.[SiH4]. The van der Waals surface area contributed by atoms with Gasteiger partial charge in [0.1, 0.15) is 0 Å². The maximum Gasteiger partial charge on any atom is 0.369 e. The van der Waals surface area contributed by atoms with Crippen molar-refractivity contribution in [3.8, 4) is 0 Å². The Hall–Kier alpha value is -1.40. The molecule has 68 valence electrons. The highest BCUT2D eigenvalue weighted by Crippen LogP contribution is 1.85. The van der Waals surface area contributed by atoms with Gasteiger partial charge in [0.15, 0.2) is 0 Å². The molecular weight excluding hydrogens is 180 g/mol. The van der Waals surface area contributed by atoms with E-state index in [4.69, 9.17) is 0 Å². The first-order valence-corrected chi connectivity index (χ1v) is 2.54. The summed E-state index contributed by atoms with van der Waals surface area (Å²) in [5, 5.41) is 3.70. The summed E-state index contributed by atoms with van der Waals surface area (Å²) in [5.41, 5.74) is 0. The second-order valence-corrected chi connectivity index (χ2v) is 1.28. The lowest BCUT2D eigenvalue weighted by molar-refractivity contribution is -0.455. The van der Waals surface area contributed by atoms with Crippen LogP contribution in [0, 0.1) is 0 Å². The molecule has 0 amide bonds. The van der Waals surface area contributed by atoms with Gasteiger partial charge < -0.3 is 0 Å². The zero-order chi connectivity index (χ0) is 8.69. The van der Waals surface area contributed by atoms with E-state index in [-0.39, 0.29) is 11.0 Å². The van der Waals surface area contributed by atoms with Gasteiger partial charge >= 0.3 is 11.9 Å². The minimum absolute atomic E-state index is 0. The fourth-order valence-corrected chi connectivity index (χ4v) is 0.152. The average Bonchev–Trinajstić information content (AvgIpc) is 2.04. The molecule has 0 atom stereocenters. The minimum Gasteiger partial charge on any atom is -0.255 e. The van der Waals surface area contributed by atoms with Crippen molar-refractivity contribution >= 4 is 22.9 Å². The number of carbonyl (C=O) groups excluding carboxylic acids is 2. The number of hydrogen-bond donors (Lipinski definition) is 0. The Morgan fingerprint density at radius 2 is 1.33 bits per heavy atom. The summed E-state index contributed by atoms with van der Waals surface area (Å²) in [7, 11) is 0. The zero-order valence-corrected chi connectivity index (χ0v) is 5.61. The van der Waals surface area contributed by atoms with Crippen molar-refractivity contribution in [3.05, 3.63) is 25.3 Å². The molecule has 0 aromatic carbocycles. The average molecular weight is 190 g/mol. The van der Waals surface area contributed by atoms with Gasteiger partial charge in [-0.25, -0.2) is 9.59 Å². The molecule has 0 spiro atoms. The molecule has 6 heteroatoms. The van der Waals surface area contributed by atoms with Crippen LogP contribution in [0.25, 0.3) is 0 Å². The fourth-order valence-electron chi connectivity index (χ4n) is 0.152. The Kier molecular flexibility index (Phi) is 8.47. The molecule has 0 bridgehead atoms. The van der Waals surface area contributed by atoms with E-state index in [0.717, 1.165) is 12.2 Å². The largest absolute Gasteiger partial charge is 0.369 e. The molecule has 0 fully saturated rings. The molecule has 0 aliphatic carbocycles. The quantitative estimate of drug-likeness (QED) is 0.242. The third kappa shape index (κ3) is 6.71. The number of rotatable bonds is 4. The van der Waals surface area contributed by atoms with Crippen molar-refractivity contribution in [2.24, 2.45) is 0 Å². The number of hydrogen-bond acceptors (Lipinski definition) is 5. The first-order chi connectivity index (χ1) is 5.20. The highest BCUT2D eigenvalue weighted by Gasteiger charge is 2.00. The van der Waals surface area contributed by atoms with Crippen molar-refractivity contribution < 1.29 is 24.4 Å². The third-order valence-electron chi connectivity index (χ3n) is 0.566. The summed E-state index contributed by atoms with van der Waals surface area (Å²) in [6.07, 6.45) is 1.70. The molecule has 0 saturated heterocycles. The maximum atomic E-state index is 10.2. The van der Waals surface area contributed by atoms with Gasteiger partial charge in [-0.05, 0) is 11.0 Å². The standard InChI is InChI=1S/C6H6O5.H4Si/c1-3-5(7)9-11-10-6(8)4-2;/h3-4H,1-2H2;1H4. The third-order valence-corrected chi connectivity index (χ3v) is 0.566. The Labute approximate surface area is 73.5 Å². The Morgan fingerprint density at radius 1 is 1.00 bits per heavy atom. The molecule has 0 aromatic rings. The normalized spacial score (nSPS) is 7.33. The van der Waals surface area contributed by atoms with Crippen LogP contribution in [-0.4, -0.2) is 22.9 Å². The molecule has 5 nitrogen and oxygen atoms in total. The maximum absolute atomic E-state index is 10.2. The molecule has 0 heterocycles. The van der Waals surface area contributed by atoms with E-state index in [1.165, 1.54) is 0 Å². The number of carbonyl (C=O) groups is 2. The van der Waals surface area contributed by atoms with Crippen LogP contribution in [0.15, 0.2) is 25.3 Å². The van der Waals surface area contributed by atoms with E-state index < -0.39 is 11.9 Å². The van der Waals surface area contributed by atoms with E-state index in [9.17, 15) is 9.59 Å². The van der Waals surface area contributed by atoms with Gasteiger partial charge in [0.25, 0.3) is 0 Å². The van der Waals surface area contributed by atoms with Gasteiger partial charge in [0.2, 0.25) is 0 Å². The molecule has 0 aliphatic heterocycles. The van der Waals surface area contributed by atoms with E-state index in [1.807, 2.05) is 0 Å². The fraction of sp³-hybridized carbons (Fsp3) is 0. The summed E-state index contributed by atoms with van der Waals surface area (Å²) in [5.74, 6) is -1.72. The van der Waals surface area contributed by atoms with Crippen molar-refractivity contribution in [1.82, 2.24) is 0 Å². The molecule has 0 rings (SSSR count). The Morgan fingerprint density at radius 3 is 1.58 bits per heavy atom. The molecular formula is C6H10O5Si. The molecule has 0 radical (unpaired) electrons. The molecule has 0 saturated carbocycles. The highest BCUT2D eigenvalue weighted by molar-refractivity contribution is 5.81.